The largest absolute Gasteiger partial charge is 0.442 e. The van der Waals surface area contributed by atoms with Gasteiger partial charge in [-0.2, -0.15) is 0 Å². The molecule has 0 fully saturated rings. The first-order valence-electron chi connectivity index (χ1n) is 12.9. The highest BCUT2D eigenvalue weighted by Crippen LogP contribution is 2.44. The highest BCUT2D eigenvalue weighted by atomic mass is 16.5. The molecule has 7 aromatic rings. The number of para-hydroxylation sites is 3. The molecule has 0 saturated carbocycles. The van der Waals surface area contributed by atoms with E-state index in [2.05, 4.69) is 140 Å². The summed E-state index contributed by atoms with van der Waals surface area (Å²) in [6.07, 6.45) is 4.27. The second-order valence-corrected chi connectivity index (χ2v) is 9.92. The molecule has 5 heterocycles. The van der Waals surface area contributed by atoms with Gasteiger partial charge in [0.15, 0.2) is 5.88 Å². The Hall–Kier alpha value is -5.10. The Morgan fingerprint density at radius 1 is 0.579 bits per heavy atom. The van der Waals surface area contributed by atoms with Gasteiger partial charge < -0.3 is 18.3 Å². The molecule has 178 valence electrons. The molecule has 5 nitrogen and oxygen atoms in total. The topological polar surface area (TPSA) is 27.3 Å². The number of anilines is 3. The highest BCUT2D eigenvalue weighted by Gasteiger charge is 2.42. The number of hydrogen-bond donors (Lipinski definition) is 0. The third-order valence-corrected chi connectivity index (χ3v) is 7.92. The van der Waals surface area contributed by atoms with E-state index in [-0.39, 0.29) is 6.98 Å². The standard InChI is InChI=1S/C32H21BN4O/c1-2-10-22(11-3-1)37-28-20-23(36-26-14-6-4-12-24(26)25-13-5-7-15-27(25)36)21-29-32(28)33(34-18-8-16-30(34)37)35-19-9-17-31(35)38-29/h1-21H. The average Bonchev–Trinajstić information content (AvgIpc) is 3.70. The van der Waals surface area contributed by atoms with Crippen molar-refractivity contribution in [1.29, 1.82) is 0 Å². The van der Waals surface area contributed by atoms with E-state index in [1.54, 1.807) is 0 Å². The highest BCUT2D eigenvalue weighted by molar-refractivity contribution is 6.74. The summed E-state index contributed by atoms with van der Waals surface area (Å²) in [5.41, 5.74) is 6.84. The Balaban J connectivity index is 1.40. The number of ether oxygens (including phenoxy) is 1. The van der Waals surface area contributed by atoms with Crippen molar-refractivity contribution in [3.63, 3.8) is 0 Å². The van der Waals surface area contributed by atoms with Crippen molar-refractivity contribution in [2.45, 2.75) is 0 Å². The number of nitrogens with zero attached hydrogens (tertiary/aromatic N) is 4. The maximum atomic E-state index is 6.61. The summed E-state index contributed by atoms with van der Waals surface area (Å²) in [6.45, 7) is -0.0177. The van der Waals surface area contributed by atoms with Gasteiger partial charge >= 0.3 is 6.98 Å². The maximum absolute atomic E-state index is 6.61. The first-order chi connectivity index (χ1) is 18.9. The van der Waals surface area contributed by atoms with Gasteiger partial charge in [0.2, 0.25) is 0 Å². The molecule has 0 saturated heterocycles. The van der Waals surface area contributed by atoms with E-state index in [4.69, 9.17) is 4.74 Å². The summed E-state index contributed by atoms with van der Waals surface area (Å²) in [4.78, 5) is 2.35. The van der Waals surface area contributed by atoms with E-state index in [9.17, 15) is 0 Å². The molecule has 0 bridgehead atoms. The van der Waals surface area contributed by atoms with Crippen molar-refractivity contribution >= 4 is 51.4 Å². The number of hydrogen-bond acceptors (Lipinski definition) is 2. The fourth-order valence-corrected chi connectivity index (χ4v) is 6.40. The monoisotopic (exact) mass is 488 g/mol. The molecule has 4 aromatic carbocycles. The lowest BCUT2D eigenvalue weighted by Gasteiger charge is -2.39. The first-order valence-corrected chi connectivity index (χ1v) is 12.9. The van der Waals surface area contributed by atoms with Crippen LogP contribution in [0, 0.1) is 0 Å². The van der Waals surface area contributed by atoms with Crippen LogP contribution in [0.1, 0.15) is 0 Å². The molecule has 6 heteroatoms. The predicted molar refractivity (Wildman–Crippen MR) is 154 cm³/mol. The van der Waals surface area contributed by atoms with Gasteiger partial charge in [-0.25, -0.2) is 0 Å². The molecule has 2 aliphatic rings. The van der Waals surface area contributed by atoms with E-state index in [1.807, 2.05) is 6.07 Å². The number of rotatable bonds is 2. The van der Waals surface area contributed by atoms with Gasteiger partial charge in [-0.15, -0.1) is 0 Å². The normalized spacial score (nSPS) is 13.4. The molecule has 2 aliphatic heterocycles. The third-order valence-electron chi connectivity index (χ3n) is 7.92. The van der Waals surface area contributed by atoms with E-state index in [0.717, 1.165) is 40.0 Å². The summed E-state index contributed by atoms with van der Waals surface area (Å²) < 4.78 is 13.5. The smallest absolute Gasteiger partial charge is 0.429 e. The molecule has 0 unspecified atom stereocenters. The molecular weight excluding hydrogens is 467 g/mol. The second kappa shape index (κ2) is 7.23. The van der Waals surface area contributed by atoms with E-state index < -0.39 is 0 Å². The van der Waals surface area contributed by atoms with Crippen LogP contribution in [0.25, 0.3) is 27.5 Å². The van der Waals surface area contributed by atoms with Gasteiger partial charge in [0.25, 0.3) is 0 Å². The Morgan fingerprint density at radius 2 is 1.26 bits per heavy atom. The molecule has 0 aliphatic carbocycles. The summed E-state index contributed by atoms with van der Waals surface area (Å²) in [7, 11) is 0. The van der Waals surface area contributed by atoms with Gasteiger partial charge in [-0.3, -0.25) is 4.90 Å². The van der Waals surface area contributed by atoms with E-state index >= 15 is 0 Å². The molecule has 9 rings (SSSR count). The molecule has 0 atom stereocenters. The van der Waals surface area contributed by atoms with Crippen molar-refractivity contribution in [2.75, 3.05) is 4.90 Å². The van der Waals surface area contributed by atoms with Crippen molar-refractivity contribution in [2.24, 2.45) is 0 Å². The minimum atomic E-state index is -0.0177. The lowest BCUT2D eigenvalue weighted by molar-refractivity contribution is 0.453. The summed E-state index contributed by atoms with van der Waals surface area (Å²) in [6, 6.07) is 40.8. The van der Waals surface area contributed by atoms with Crippen LogP contribution in [0.4, 0.5) is 17.2 Å². The van der Waals surface area contributed by atoms with Gasteiger partial charge in [0.1, 0.15) is 11.6 Å². The van der Waals surface area contributed by atoms with Gasteiger partial charge in [0.05, 0.1) is 22.4 Å². The Labute approximate surface area is 219 Å². The Bertz CT molecular complexity index is 1980. The quantitative estimate of drug-likeness (QED) is 0.244. The molecule has 0 amide bonds. The molecular formula is C32H21BN4O. The van der Waals surface area contributed by atoms with Gasteiger partial charge in [0, 0.05) is 28.0 Å². The molecule has 0 N–H and O–H groups in total. The Morgan fingerprint density at radius 3 is 2.05 bits per heavy atom. The van der Waals surface area contributed by atoms with E-state index in [0.29, 0.717) is 0 Å². The van der Waals surface area contributed by atoms with Crippen LogP contribution in [0.3, 0.4) is 0 Å². The summed E-state index contributed by atoms with van der Waals surface area (Å²) in [5, 5.41) is 2.49. The third kappa shape index (κ3) is 2.51. The van der Waals surface area contributed by atoms with Crippen molar-refractivity contribution in [1.82, 2.24) is 13.5 Å². The maximum Gasteiger partial charge on any atom is 0.429 e. The van der Waals surface area contributed by atoms with Crippen LogP contribution in [0.2, 0.25) is 0 Å². The zero-order valence-corrected chi connectivity index (χ0v) is 20.4. The lowest BCUT2D eigenvalue weighted by atomic mass is 9.63. The van der Waals surface area contributed by atoms with Crippen LogP contribution >= 0.6 is 0 Å². The predicted octanol–water partition coefficient (Wildman–Crippen LogP) is 7.07. The molecule has 0 spiro atoms. The van der Waals surface area contributed by atoms with Crippen LogP contribution in [-0.2, 0) is 0 Å². The van der Waals surface area contributed by atoms with Crippen molar-refractivity contribution in [3.8, 4) is 17.3 Å². The van der Waals surface area contributed by atoms with Crippen molar-refractivity contribution < 1.29 is 4.74 Å². The van der Waals surface area contributed by atoms with Gasteiger partial charge in [-0.05, 0) is 67.0 Å². The Kier molecular flexibility index (Phi) is 3.81. The lowest BCUT2D eigenvalue weighted by Crippen LogP contribution is -2.52. The number of fused-ring (bicyclic) bond motifs is 7. The van der Waals surface area contributed by atoms with E-state index in [1.165, 1.54) is 21.8 Å². The second-order valence-electron chi connectivity index (χ2n) is 9.92. The molecule has 38 heavy (non-hydrogen) atoms. The fourth-order valence-electron chi connectivity index (χ4n) is 6.40. The molecule has 3 aromatic heterocycles. The summed E-state index contributed by atoms with van der Waals surface area (Å²) in [5.74, 6) is 2.86. The minimum Gasteiger partial charge on any atom is -0.442 e. The zero-order chi connectivity index (χ0) is 24.8. The zero-order valence-electron chi connectivity index (χ0n) is 20.4. The number of benzene rings is 4. The average molecular weight is 488 g/mol. The van der Waals surface area contributed by atoms with Gasteiger partial charge in [-0.1, -0.05) is 54.6 Å². The van der Waals surface area contributed by atoms with Crippen LogP contribution in [0.5, 0.6) is 11.6 Å². The number of aromatic nitrogens is 3. The van der Waals surface area contributed by atoms with Crippen LogP contribution < -0.4 is 15.1 Å². The molecule has 0 radical (unpaired) electrons. The first kappa shape index (κ1) is 20.0. The SMILES string of the molecule is c1ccc(N2c3cc(-n4c5ccccc5c5ccccc54)cc4c3B(n3cccc3O4)n3cccc32)cc1. The van der Waals surface area contributed by atoms with Crippen LogP contribution in [-0.4, -0.2) is 20.5 Å². The van der Waals surface area contributed by atoms with Crippen molar-refractivity contribution in [3.05, 3.63) is 128 Å². The fraction of sp³-hybridized carbons (Fsp3) is 0. The van der Waals surface area contributed by atoms with Crippen LogP contribution in [0.15, 0.2) is 128 Å². The summed E-state index contributed by atoms with van der Waals surface area (Å²) >= 11 is 0. The minimum absolute atomic E-state index is 0.0177.